The first-order chi connectivity index (χ1) is 4.45. The molecule has 0 bridgehead atoms. The molecule has 0 aliphatic carbocycles. The van der Waals surface area contributed by atoms with E-state index in [4.69, 9.17) is 0 Å². The number of hydrogen-bond acceptors (Lipinski definition) is 2. The second kappa shape index (κ2) is 4.11. The molecule has 0 amide bonds. The van der Waals surface area contributed by atoms with Gasteiger partial charge in [-0.3, -0.25) is 0 Å². The highest BCUT2D eigenvalue weighted by molar-refractivity contribution is 6.76. The molecule has 62 valence electrons. The van der Waals surface area contributed by atoms with Crippen molar-refractivity contribution < 1.29 is 5.11 Å². The van der Waals surface area contributed by atoms with Gasteiger partial charge in [0.2, 0.25) is 0 Å². The van der Waals surface area contributed by atoms with E-state index in [-0.39, 0.29) is 6.10 Å². The molecule has 0 aromatic carbocycles. The van der Waals surface area contributed by atoms with Gasteiger partial charge in [-0.2, -0.15) is 0 Å². The molecule has 0 aliphatic heterocycles. The lowest BCUT2D eigenvalue weighted by molar-refractivity contribution is 0.192. The number of likely N-dealkylation sites (N-methyl/N-ethyl adjacent to an activating group) is 1. The molecule has 1 atom stereocenters. The maximum absolute atomic E-state index is 9.36. The normalized spacial score (nSPS) is 15.3. The van der Waals surface area contributed by atoms with E-state index in [2.05, 4.69) is 25.0 Å². The van der Waals surface area contributed by atoms with E-state index in [0.717, 1.165) is 12.6 Å². The molecule has 10 heavy (non-hydrogen) atoms. The molecule has 0 aromatic rings. The minimum absolute atomic E-state index is 0.142. The molecule has 0 heterocycles. The monoisotopic (exact) mass is 161 g/mol. The van der Waals surface area contributed by atoms with Gasteiger partial charge in [-0.05, 0) is 13.1 Å². The molecule has 0 saturated heterocycles. The van der Waals surface area contributed by atoms with Gasteiger partial charge in [0, 0.05) is 14.6 Å². The average Bonchev–Trinajstić information content (AvgIpc) is 1.59. The summed E-state index contributed by atoms with van der Waals surface area (Å²) in [6.45, 7) is 7.54. The summed E-state index contributed by atoms with van der Waals surface area (Å²) >= 11 is 0. The molecule has 2 nitrogen and oxygen atoms in total. The highest BCUT2D eigenvalue weighted by Crippen LogP contribution is 2.10. The Kier molecular flexibility index (Phi) is 4.16. The van der Waals surface area contributed by atoms with E-state index in [9.17, 15) is 5.11 Å². The maximum atomic E-state index is 9.36. The molecule has 0 aromatic heterocycles. The first kappa shape index (κ1) is 10.1. The molecule has 1 unspecified atom stereocenters. The van der Waals surface area contributed by atoms with Gasteiger partial charge >= 0.3 is 0 Å². The van der Waals surface area contributed by atoms with Gasteiger partial charge in [-0.1, -0.05) is 19.6 Å². The number of nitrogens with one attached hydrogen (secondary N) is 1. The Balaban J connectivity index is 3.47. The third-order valence-electron chi connectivity index (χ3n) is 1.29. The Bertz CT molecular complexity index is 90.1. The fraction of sp³-hybridized carbons (Fsp3) is 1.00. The van der Waals surface area contributed by atoms with E-state index < -0.39 is 8.07 Å². The highest BCUT2D eigenvalue weighted by atomic mass is 28.3. The first-order valence-electron chi connectivity index (χ1n) is 3.78. The van der Waals surface area contributed by atoms with E-state index in [1.54, 1.807) is 0 Å². The Morgan fingerprint density at radius 1 is 1.40 bits per heavy atom. The van der Waals surface area contributed by atoms with Crippen molar-refractivity contribution in [3.63, 3.8) is 0 Å². The topological polar surface area (TPSA) is 32.3 Å². The van der Waals surface area contributed by atoms with E-state index in [1.165, 1.54) is 0 Å². The summed E-state index contributed by atoms with van der Waals surface area (Å²) in [6, 6.07) is 0.994. The second-order valence-corrected chi connectivity index (χ2v) is 9.51. The third kappa shape index (κ3) is 6.26. The molecule has 0 fully saturated rings. The van der Waals surface area contributed by atoms with Crippen LogP contribution in [-0.2, 0) is 0 Å². The van der Waals surface area contributed by atoms with Crippen molar-refractivity contribution in [2.75, 3.05) is 13.6 Å². The Labute approximate surface area is 64.7 Å². The summed E-state index contributed by atoms with van der Waals surface area (Å²) in [5.74, 6) is 0. The van der Waals surface area contributed by atoms with Crippen molar-refractivity contribution in [2.45, 2.75) is 31.8 Å². The van der Waals surface area contributed by atoms with Gasteiger partial charge < -0.3 is 10.4 Å². The lowest BCUT2D eigenvalue weighted by Crippen LogP contribution is -2.32. The van der Waals surface area contributed by atoms with Gasteiger partial charge in [-0.25, -0.2) is 0 Å². The van der Waals surface area contributed by atoms with Crippen molar-refractivity contribution in [2.24, 2.45) is 0 Å². The number of hydrogen-bond donors (Lipinski definition) is 2. The van der Waals surface area contributed by atoms with Gasteiger partial charge in [0.05, 0.1) is 6.10 Å². The van der Waals surface area contributed by atoms with Crippen molar-refractivity contribution in [3.8, 4) is 0 Å². The fourth-order valence-electron chi connectivity index (χ4n) is 1.01. The Morgan fingerprint density at radius 2 is 1.90 bits per heavy atom. The predicted molar refractivity (Wildman–Crippen MR) is 48.1 cm³/mol. The van der Waals surface area contributed by atoms with Gasteiger partial charge in [0.25, 0.3) is 0 Å². The molecule has 0 spiro atoms. The summed E-state index contributed by atoms with van der Waals surface area (Å²) < 4.78 is 0. The van der Waals surface area contributed by atoms with Gasteiger partial charge in [0.1, 0.15) is 0 Å². The molecule has 3 heteroatoms. The number of aliphatic hydroxyl groups is 1. The van der Waals surface area contributed by atoms with Crippen LogP contribution in [0.3, 0.4) is 0 Å². The third-order valence-corrected chi connectivity index (χ3v) is 2.98. The summed E-state index contributed by atoms with van der Waals surface area (Å²) in [6.07, 6.45) is -0.142. The second-order valence-electron chi connectivity index (χ2n) is 3.98. The fourth-order valence-corrected chi connectivity index (χ4v) is 2.57. The van der Waals surface area contributed by atoms with E-state index >= 15 is 0 Å². The summed E-state index contributed by atoms with van der Waals surface area (Å²) in [7, 11) is 0.821. The SMILES string of the molecule is CNCC(O)C[Si](C)(C)C. The minimum atomic E-state index is -1.05. The molecule has 2 N–H and O–H groups in total. The minimum Gasteiger partial charge on any atom is -0.392 e. The van der Waals surface area contributed by atoms with Crippen LogP contribution in [0.2, 0.25) is 25.7 Å². The van der Waals surface area contributed by atoms with E-state index in [0.29, 0.717) is 0 Å². The number of rotatable bonds is 4. The van der Waals surface area contributed by atoms with Crippen LogP contribution < -0.4 is 5.32 Å². The Hall–Kier alpha value is 0.137. The van der Waals surface area contributed by atoms with Crippen LogP contribution in [-0.4, -0.2) is 32.9 Å². The van der Waals surface area contributed by atoms with Crippen molar-refractivity contribution >= 4 is 8.07 Å². The maximum Gasteiger partial charge on any atom is 0.0641 e. The van der Waals surface area contributed by atoms with Crippen LogP contribution in [0.4, 0.5) is 0 Å². The largest absolute Gasteiger partial charge is 0.392 e. The van der Waals surface area contributed by atoms with Crippen LogP contribution in [0.5, 0.6) is 0 Å². The summed E-state index contributed by atoms with van der Waals surface area (Å²) in [5.41, 5.74) is 0. The van der Waals surface area contributed by atoms with Crippen molar-refractivity contribution in [1.29, 1.82) is 0 Å². The average molecular weight is 161 g/mol. The summed E-state index contributed by atoms with van der Waals surface area (Å²) in [4.78, 5) is 0. The number of aliphatic hydroxyl groups excluding tert-OH is 1. The lowest BCUT2D eigenvalue weighted by atomic mass is 10.4. The lowest BCUT2D eigenvalue weighted by Gasteiger charge is -2.19. The smallest absolute Gasteiger partial charge is 0.0641 e. The zero-order valence-corrected chi connectivity index (χ0v) is 8.44. The van der Waals surface area contributed by atoms with Gasteiger partial charge in [-0.15, -0.1) is 0 Å². The standard InChI is InChI=1S/C7H19NOSi/c1-8-5-7(9)6-10(2,3)4/h7-9H,5-6H2,1-4H3. The van der Waals surface area contributed by atoms with Crippen LogP contribution in [0.1, 0.15) is 0 Å². The molecule has 0 rings (SSSR count). The Morgan fingerprint density at radius 3 is 2.20 bits per heavy atom. The van der Waals surface area contributed by atoms with Crippen LogP contribution in [0, 0.1) is 0 Å². The zero-order valence-electron chi connectivity index (χ0n) is 7.44. The molecule has 0 radical (unpaired) electrons. The van der Waals surface area contributed by atoms with Crippen LogP contribution in [0.25, 0.3) is 0 Å². The molecular weight excluding hydrogens is 142 g/mol. The van der Waals surface area contributed by atoms with Crippen molar-refractivity contribution in [3.05, 3.63) is 0 Å². The van der Waals surface area contributed by atoms with E-state index in [1.807, 2.05) is 7.05 Å². The van der Waals surface area contributed by atoms with Gasteiger partial charge in [0.15, 0.2) is 0 Å². The quantitative estimate of drug-likeness (QED) is 0.601. The zero-order chi connectivity index (χ0) is 8.20. The molecule has 0 aliphatic rings. The highest BCUT2D eigenvalue weighted by Gasteiger charge is 2.17. The predicted octanol–water partition coefficient (Wildman–Crippen LogP) is 0.905. The van der Waals surface area contributed by atoms with Crippen LogP contribution >= 0.6 is 0 Å². The summed E-state index contributed by atoms with van der Waals surface area (Å²) in [5, 5.41) is 12.3. The molecule has 0 saturated carbocycles. The molecular formula is C7H19NOSi. The van der Waals surface area contributed by atoms with Crippen LogP contribution in [0.15, 0.2) is 0 Å². The van der Waals surface area contributed by atoms with Crippen molar-refractivity contribution in [1.82, 2.24) is 5.32 Å². The first-order valence-corrected chi connectivity index (χ1v) is 7.49.